The molecule has 1 aliphatic heterocycles. The highest BCUT2D eigenvalue weighted by atomic mass is 16.3. The lowest BCUT2D eigenvalue weighted by Gasteiger charge is -2.35. The van der Waals surface area contributed by atoms with Crippen molar-refractivity contribution in [3.05, 3.63) is 84.1 Å². The van der Waals surface area contributed by atoms with Gasteiger partial charge in [0.05, 0.1) is 28.9 Å². The van der Waals surface area contributed by atoms with Gasteiger partial charge in [0.25, 0.3) is 0 Å². The molecule has 0 spiro atoms. The predicted molar refractivity (Wildman–Crippen MR) is 125 cm³/mol. The zero-order valence-corrected chi connectivity index (χ0v) is 17.6. The summed E-state index contributed by atoms with van der Waals surface area (Å²) in [5, 5.41) is 18.9. The number of nitriles is 1. The van der Waals surface area contributed by atoms with Gasteiger partial charge in [0, 0.05) is 32.7 Å². The van der Waals surface area contributed by atoms with Crippen molar-refractivity contribution in [1.29, 1.82) is 5.26 Å². The Morgan fingerprint density at radius 1 is 0.875 bits per heavy atom. The van der Waals surface area contributed by atoms with Crippen molar-refractivity contribution in [1.82, 2.24) is 14.9 Å². The van der Waals surface area contributed by atoms with Crippen LogP contribution in [0.3, 0.4) is 0 Å². The van der Waals surface area contributed by atoms with E-state index < -0.39 is 0 Å². The number of fused-ring (bicyclic) bond motifs is 1. The highest BCUT2D eigenvalue weighted by Crippen LogP contribution is 2.26. The van der Waals surface area contributed by atoms with Crippen LogP contribution in [0.5, 0.6) is 5.75 Å². The van der Waals surface area contributed by atoms with Gasteiger partial charge in [-0.15, -0.1) is 0 Å². The van der Waals surface area contributed by atoms with E-state index in [4.69, 9.17) is 4.98 Å². The molecule has 0 unspecified atom stereocenters. The Kier molecular flexibility index (Phi) is 5.40. The van der Waals surface area contributed by atoms with Crippen LogP contribution >= 0.6 is 0 Å². The van der Waals surface area contributed by atoms with Gasteiger partial charge in [0.1, 0.15) is 11.6 Å². The van der Waals surface area contributed by atoms with Crippen molar-refractivity contribution in [2.24, 2.45) is 0 Å². The van der Waals surface area contributed by atoms with E-state index in [-0.39, 0.29) is 5.75 Å². The van der Waals surface area contributed by atoms with Crippen LogP contribution < -0.4 is 4.90 Å². The molecule has 6 nitrogen and oxygen atoms in total. The molecule has 1 N–H and O–H groups in total. The molecular weight excluding hydrogens is 398 g/mol. The molecule has 0 atom stereocenters. The number of aromatic nitrogens is 2. The van der Waals surface area contributed by atoms with Crippen LogP contribution in [0, 0.1) is 11.3 Å². The Balaban J connectivity index is 1.31. The molecule has 0 amide bonds. The van der Waals surface area contributed by atoms with Gasteiger partial charge in [0.2, 0.25) is 0 Å². The fraction of sp³-hybridized carbons (Fsp3) is 0.192. The monoisotopic (exact) mass is 421 g/mol. The first-order chi connectivity index (χ1) is 15.7. The van der Waals surface area contributed by atoms with Gasteiger partial charge in [-0.3, -0.25) is 9.88 Å². The van der Waals surface area contributed by atoms with E-state index >= 15 is 0 Å². The Morgan fingerprint density at radius 2 is 1.62 bits per heavy atom. The molecule has 1 aliphatic rings. The number of phenolic OH excluding ortho intramolecular Hbond substituents is 1. The van der Waals surface area contributed by atoms with E-state index in [1.807, 2.05) is 60.8 Å². The molecule has 0 bridgehead atoms. The highest BCUT2D eigenvalue weighted by Gasteiger charge is 2.19. The Morgan fingerprint density at radius 3 is 2.41 bits per heavy atom. The Bertz CT molecular complexity index is 1290. The molecule has 158 valence electrons. The number of piperazine rings is 1. The molecular formula is C26H23N5O. The second kappa shape index (κ2) is 8.66. The Labute approximate surface area is 187 Å². The molecule has 6 heteroatoms. The molecule has 0 aliphatic carbocycles. The first kappa shape index (κ1) is 20.0. The van der Waals surface area contributed by atoms with Gasteiger partial charge in [-0.05, 0) is 47.0 Å². The molecule has 32 heavy (non-hydrogen) atoms. The van der Waals surface area contributed by atoms with Crippen LogP contribution in [0.15, 0.2) is 72.9 Å². The zero-order valence-electron chi connectivity index (χ0n) is 17.6. The summed E-state index contributed by atoms with van der Waals surface area (Å²) in [4.78, 5) is 14.2. The maximum Gasteiger partial charge on any atom is 0.147 e. The van der Waals surface area contributed by atoms with E-state index in [9.17, 15) is 10.4 Å². The number of hydrogen-bond donors (Lipinski definition) is 1. The maximum absolute atomic E-state index is 9.54. The smallest absolute Gasteiger partial charge is 0.147 e. The van der Waals surface area contributed by atoms with E-state index in [0.29, 0.717) is 0 Å². The summed E-state index contributed by atoms with van der Waals surface area (Å²) in [5.74, 6) is 1.14. The summed E-state index contributed by atoms with van der Waals surface area (Å²) in [6, 6.07) is 23.3. The quantitative estimate of drug-likeness (QED) is 0.532. The highest BCUT2D eigenvalue weighted by molar-refractivity contribution is 5.82. The molecule has 4 aromatic rings. The Hall–Kier alpha value is -3.95. The largest absolute Gasteiger partial charge is 0.508 e. The van der Waals surface area contributed by atoms with Gasteiger partial charge < -0.3 is 10.0 Å². The van der Waals surface area contributed by atoms with Crippen LogP contribution in [0.1, 0.15) is 11.1 Å². The maximum atomic E-state index is 9.54. The lowest BCUT2D eigenvalue weighted by Crippen LogP contribution is -2.46. The predicted octanol–water partition coefficient (Wildman–Crippen LogP) is 4.20. The minimum Gasteiger partial charge on any atom is -0.508 e. The van der Waals surface area contributed by atoms with Crippen molar-refractivity contribution in [2.75, 3.05) is 31.1 Å². The lowest BCUT2D eigenvalue weighted by atomic mass is 10.0. The summed E-state index contributed by atoms with van der Waals surface area (Å²) >= 11 is 0. The third-order valence-corrected chi connectivity index (χ3v) is 5.96. The van der Waals surface area contributed by atoms with Crippen molar-refractivity contribution >= 4 is 16.9 Å². The lowest BCUT2D eigenvalue weighted by molar-refractivity contribution is 0.249. The van der Waals surface area contributed by atoms with Crippen LogP contribution in [0.25, 0.3) is 22.2 Å². The summed E-state index contributed by atoms with van der Waals surface area (Å²) in [5.41, 5.74) is 5.63. The van der Waals surface area contributed by atoms with E-state index in [2.05, 4.69) is 20.9 Å². The second-order valence-corrected chi connectivity index (χ2v) is 8.01. The van der Waals surface area contributed by atoms with E-state index in [1.54, 1.807) is 12.1 Å². The fourth-order valence-electron chi connectivity index (χ4n) is 4.13. The average Bonchev–Trinajstić information content (AvgIpc) is 2.85. The normalized spacial score (nSPS) is 14.4. The van der Waals surface area contributed by atoms with Crippen LogP contribution in [0.4, 0.5) is 5.82 Å². The summed E-state index contributed by atoms with van der Waals surface area (Å²) in [7, 11) is 0. The van der Waals surface area contributed by atoms with Crippen molar-refractivity contribution in [3.8, 4) is 22.9 Å². The summed E-state index contributed by atoms with van der Waals surface area (Å²) in [6.45, 7) is 4.34. The number of aromatic hydroxyl groups is 1. The zero-order chi connectivity index (χ0) is 21.9. The number of rotatable bonds is 4. The summed E-state index contributed by atoms with van der Waals surface area (Å²) < 4.78 is 0. The SMILES string of the molecule is N#Cc1ccccc1CN1CCN(c2cnc3ccc(-c4ccc(O)cc4)cc3n2)CC1. The van der Waals surface area contributed by atoms with Gasteiger partial charge in [-0.25, -0.2) is 4.98 Å². The summed E-state index contributed by atoms with van der Waals surface area (Å²) in [6.07, 6.45) is 1.85. The molecule has 3 aromatic carbocycles. The first-order valence-corrected chi connectivity index (χ1v) is 10.7. The second-order valence-electron chi connectivity index (χ2n) is 8.01. The molecule has 2 heterocycles. The average molecular weight is 422 g/mol. The van der Waals surface area contributed by atoms with Crippen molar-refractivity contribution in [3.63, 3.8) is 0 Å². The molecule has 1 saturated heterocycles. The van der Waals surface area contributed by atoms with E-state index in [1.165, 1.54) is 0 Å². The minimum absolute atomic E-state index is 0.256. The number of anilines is 1. The van der Waals surface area contributed by atoms with E-state index in [0.717, 1.165) is 71.8 Å². The van der Waals surface area contributed by atoms with Gasteiger partial charge >= 0.3 is 0 Å². The number of benzene rings is 3. The van der Waals surface area contributed by atoms with Crippen LogP contribution in [-0.4, -0.2) is 46.2 Å². The van der Waals surface area contributed by atoms with Crippen LogP contribution in [-0.2, 0) is 6.54 Å². The number of hydrogen-bond acceptors (Lipinski definition) is 6. The molecule has 1 aromatic heterocycles. The van der Waals surface area contributed by atoms with Gasteiger partial charge in [0.15, 0.2) is 0 Å². The number of phenols is 1. The van der Waals surface area contributed by atoms with Crippen LogP contribution in [0.2, 0.25) is 0 Å². The molecule has 0 saturated carbocycles. The topological polar surface area (TPSA) is 76.3 Å². The standard InChI is InChI=1S/C26H23N5O/c27-16-21-3-1-2-4-22(21)18-30-11-13-31(14-12-30)26-17-28-24-10-7-20(15-25(24)29-26)19-5-8-23(32)9-6-19/h1-10,15,17,32H,11-14,18H2. The fourth-order valence-corrected chi connectivity index (χ4v) is 4.13. The van der Waals surface area contributed by atoms with Crippen molar-refractivity contribution < 1.29 is 5.11 Å². The third-order valence-electron chi connectivity index (χ3n) is 5.96. The molecule has 5 rings (SSSR count). The molecule has 0 radical (unpaired) electrons. The van der Waals surface area contributed by atoms with Crippen molar-refractivity contribution in [2.45, 2.75) is 6.54 Å². The number of nitrogens with zero attached hydrogens (tertiary/aromatic N) is 5. The van der Waals surface area contributed by atoms with Gasteiger partial charge in [-0.2, -0.15) is 5.26 Å². The minimum atomic E-state index is 0.256. The molecule has 1 fully saturated rings. The third kappa shape index (κ3) is 4.11. The van der Waals surface area contributed by atoms with Gasteiger partial charge in [-0.1, -0.05) is 36.4 Å². The first-order valence-electron chi connectivity index (χ1n) is 10.7.